The zero-order valence-electron chi connectivity index (χ0n) is 16.3. The summed E-state index contributed by atoms with van der Waals surface area (Å²) >= 11 is 0. The van der Waals surface area contributed by atoms with Gasteiger partial charge in [-0.25, -0.2) is 10.2 Å². The highest BCUT2D eigenvalue weighted by molar-refractivity contribution is 5.80. The number of hydrogen-bond donors (Lipinski definition) is 2. The predicted octanol–water partition coefficient (Wildman–Crippen LogP) is 1.95. The molecule has 0 aliphatic heterocycles. The van der Waals surface area contributed by atoms with Gasteiger partial charge >= 0.3 is 5.69 Å². The first-order chi connectivity index (χ1) is 14.6. The van der Waals surface area contributed by atoms with Crippen molar-refractivity contribution in [2.75, 3.05) is 12.0 Å². The third kappa shape index (κ3) is 4.00. The number of benzene rings is 2. The molecule has 152 valence electrons. The van der Waals surface area contributed by atoms with Gasteiger partial charge in [0.1, 0.15) is 12.4 Å². The van der Waals surface area contributed by atoms with E-state index >= 15 is 0 Å². The summed E-state index contributed by atoms with van der Waals surface area (Å²) in [5.41, 5.74) is 3.27. The molecular weight excluding hydrogens is 384 g/mol. The molecule has 0 fully saturated rings. The first-order valence-corrected chi connectivity index (χ1v) is 9.35. The van der Waals surface area contributed by atoms with Crippen molar-refractivity contribution in [2.24, 2.45) is 12.1 Å². The van der Waals surface area contributed by atoms with Gasteiger partial charge in [-0.1, -0.05) is 48.5 Å². The molecule has 4 rings (SSSR count). The summed E-state index contributed by atoms with van der Waals surface area (Å²) in [6.07, 6.45) is 1.65. The molecular formula is C21H20N6O3. The minimum absolute atomic E-state index is 0.265. The smallest absolute Gasteiger partial charge is 0.329 e. The topological polar surface area (TPSA) is 106 Å². The zero-order valence-corrected chi connectivity index (χ0v) is 16.3. The summed E-state index contributed by atoms with van der Waals surface area (Å²) in [7, 11) is 1.55. The Labute approximate surface area is 171 Å². The number of aromatic amines is 1. The maximum absolute atomic E-state index is 12.5. The Hall–Kier alpha value is -4.14. The lowest BCUT2D eigenvalue weighted by Gasteiger charge is -2.10. The Morgan fingerprint density at radius 3 is 2.53 bits per heavy atom. The fourth-order valence-electron chi connectivity index (χ4n) is 3.01. The van der Waals surface area contributed by atoms with Crippen molar-refractivity contribution in [2.45, 2.75) is 6.54 Å². The van der Waals surface area contributed by atoms with Crippen LogP contribution in [0.4, 0.5) is 5.95 Å². The largest absolute Gasteiger partial charge is 0.492 e. The summed E-state index contributed by atoms with van der Waals surface area (Å²) in [6, 6.07) is 18.9. The average molecular weight is 404 g/mol. The molecule has 0 aliphatic carbocycles. The lowest BCUT2D eigenvalue weighted by molar-refractivity contribution is 0.301. The molecule has 0 saturated carbocycles. The number of aryl methyl sites for hydroxylation is 1. The first-order valence-electron chi connectivity index (χ1n) is 9.35. The van der Waals surface area contributed by atoms with E-state index in [2.05, 4.69) is 20.5 Å². The van der Waals surface area contributed by atoms with Gasteiger partial charge < -0.3 is 4.74 Å². The number of H-pyrrole nitrogens is 1. The molecule has 9 nitrogen and oxygen atoms in total. The highest BCUT2D eigenvalue weighted by Crippen LogP contribution is 2.16. The van der Waals surface area contributed by atoms with Gasteiger partial charge in [-0.3, -0.25) is 18.9 Å². The normalized spacial score (nSPS) is 11.2. The number of fused-ring (bicyclic) bond motifs is 1. The van der Waals surface area contributed by atoms with Crippen molar-refractivity contribution in [1.29, 1.82) is 0 Å². The number of hydrogen-bond acceptors (Lipinski definition) is 6. The molecule has 0 radical (unpaired) electrons. The molecule has 0 unspecified atom stereocenters. The Morgan fingerprint density at radius 1 is 1.10 bits per heavy atom. The van der Waals surface area contributed by atoms with Crippen molar-refractivity contribution < 1.29 is 4.74 Å². The van der Waals surface area contributed by atoms with Crippen LogP contribution in [0.15, 0.2) is 75.4 Å². The van der Waals surface area contributed by atoms with Crippen LogP contribution in [-0.2, 0) is 13.6 Å². The number of anilines is 1. The van der Waals surface area contributed by atoms with Crippen LogP contribution < -0.4 is 21.4 Å². The van der Waals surface area contributed by atoms with Gasteiger partial charge in [0.15, 0.2) is 11.2 Å². The summed E-state index contributed by atoms with van der Waals surface area (Å²) in [4.78, 5) is 31.2. The molecule has 2 N–H and O–H groups in total. The minimum Gasteiger partial charge on any atom is -0.492 e. The number of hydrazone groups is 1. The highest BCUT2D eigenvalue weighted by atomic mass is 16.5. The van der Waals surface area contributed by atoms with Crippen LogP contribution in [0.2, 0.25) is 0 Å². The molecule has 0 bridgehead atoms. The second-order valence-electron chi connectivity index (χ2n) is 6.52. The lowest BCUT2D eigenvalue weighted by Crippen LogP contribution is -2.29. The highest BCUT2D eigenvalue weighted by Gasteiger charge is 2.17. The Bertz CT molecular complexity index is 1290. The average Bonchev–Trinajstić information content (AvgIpc) is 3.13. The maximum atomic E-state index is 12.5. The second-order valence-corrected chi connectivity index (χ2v) is 6.52. The molecule has 2 aromatic heterocycles. The summed E-state index contributed by atoms with van der Waals surface area (Å²) < 4.78 is 8.70. The monoisotopic (exact) mass is 404 g/mol. The number of nitrogens with one attached hydrogen (secondary N) is 2. The number of para-hydroxylation sites is 1. The molecule has 2 aromatic carbocycles. The molecule has 0 aliphatic rings. The molecule has 0 atom stereocenters. The van der Waals surface area contributed by atoms with E-state index in [9.17, 15) is 9.59 Å². The number of aromatic nitrogens is 4. The van der Waals surface area contributed by atoms with E-state index in [0.29, 0.717) is 19.1 Å². The van der Waals surface area contributed by atoms with Gasteiger partial charge in [0.2, 0.25) is 5.95 Å². The quantitative estimate of drug-likeness (QED) is 0.362. The van der Waals surface area contributed by atoms with Crippen LogP contribution in [0.3, 0.4) is 0 Å². The van der Waals surface area contributed by atoms with Gasteiger partial charge in [0.05, 0.1) is 12.8 Å². The van der Waals surface area contributed by atoms with E-state index < -0.39 is 11.2 Å². The molecule has 4 aromatic rings. The number of imidazole rings is 1. The molecule has 30 heavy (non-hydrogen) atoms. The van der Waals surface area contributed by atoms with Crippen molar-refractivity contribution in [1.82, 2.24) is 19.1 Å². The van der Waals surface area contributed by atoms with E-state index in [1.165, 1.54) is 4.57 Å². The fourth-order valence-corrected chi connectivity index (χ4v) is 3.01. The SMILES string of the molecule is Cn1c(=O)[nH]c(=O)c2c1nc(N/N=C\c1ccccc1)n2CCOc1ccccc1. The molecule has 0 amide bonds. The van der Waals surface area contributed by atoms with Crippen molar-refractivity contribution >= 4 is 23.3 Å². The van der Waals surface area contributed by atoms with Crippen molar-refractivity contribution in [3.05, 3.63) is 87.1 Å². The number of ether oxygens (including phenoxy) is 1. The van der Waals surface area contributed by atoms with Crippen LogP contribution in [0.25, 0.3) is 11.2 Å². The van der Waals surface area contributed by atoms with Gasteiger partial charge in [-0.15, -0.1) is 0 Å². The van der Waals surface area contributed by atoms with Crippen LogP contribution in [0.5, 0.6) is 5.75 Å². The molecule has 0 spiro atoms. The molecule has 0 saturated heterocycles. The Kier molecular flexibility index (Phi) is 5.42. The van der Waals surface area contributed by atoms with Gasteiger partial charge in [0, 0.05) is 7.05 Å². The summed E-state index contributed by atoms with van der Waals surface area (Å²) in [5.74, 6) is 1.06. The summed E-state index contributed by atoms with van der Waals surface area (Å²) in [5, 5.41) is 4.22. The fraction of sp³-hybridized carbons (Fsp3) is 0.143. The van der Waals surface area contributed by atoms with E-state index in [4.69, 9.17) is 4.74 Å². The van der Waals surface area contributed by atoms with E-state index in [0.717, 1.165) is 11.3 Å². The Balaban J connectivity index is 1.65. The van der Waals surface area contributed by atoms with Crippen molar-refractivity contribution in [3.63, 3.8) is 0 Å². The minimum atomic E-state index is -0.531. The number of rotatable bonds is 7. The lowest BCUT2D eigenvalue weighted by atomic mass is 10.2. The van der Waals surface area contributed by atoms with Gasteiger partial charge in [-0.2, -0.15) is 10.1 Å². The van der Waals surface area contributed by atoms with Crippen LogP contribution in [0.1, 0.15) is 5.56 Å². The standard InChI is InChI=1S/C21H20N6O3/c1-26-18-17(19(28)24-21(26)29)27(12-13-30-16-10-6-3-7-11-16)20(23-18)25-22-14-15-8-4-2-5-9-15/h2-11,14H,12-13H2,1H3,(H,23,25)(H,24,28,29)/b22-14-. The van der Waals surface area contributed by atoms with Gasteiger partial charge in [0.25, 0.3) is 5.56 Å². The Morgan fingerprint density at radius 2 is 1.80 bits per heavy atom. The summed E-state index contributed by atoms with van der Waals surface area (Å²) in [6.45, 7) is 0.630. The first kappa shape index (κ1) is 19.2. The molecule has 9 heteroatoms. The van der Waals surface area contributed by atoms with Crippen LogP contribution in [-0.4, -0.2) is 31.9 Å². The molecule has 2 heterocycles. The third-order valence-electron chi connectivity index (χ3n) is 4.51. The maximum Gasteiger partial charge on any atom is 0.329 e. The number of nitrogens with zero attached hydrogens (tertiary/aromatic N) is 4. The second kappa shape index (κ2) is 8.48. The van der Waals surface area contributed by atoms with Gasteiger partial charge in [-0.05, 0) is 17.7 Å². The van der Waals surface area contributed by atoms with Crippen molar-refractivity contribution in [3.8, 4) is 5.75 Å². The van der Waals surface area contributed by atoms with E-state index in [-0.39, 0.29) is 11.2 Å². The zero-order chi connectivity index (χ0) is 20.9. The third-order valence-corrected chi connectivity index (χ3v) is 4.51. The predicted molar refractivity (Wildman–Crippen MR) is 115 cm³/mol. The van der Waals surface area contributed by atoms with Crippen LogP contribution in [0, 0.1) is 0 Å². The van der Waals surface area contributed by atoms with Crippen LogP contribution >= 0.6 is 0 Å². The van der Waals surface area contributed by atoms with E-state index in [1.54, 1.807) is 17.8 Å². The van der Waals surface area contributed by atoms with E-state index in [1.807, 2.05) is 60.7 Å².